The van der Waals surface area contributed by atoms with E-state index < -0.39 is 0 Å². The van der Waals surface area contributed by atoms with Gasteiger partial charge in [-0.1, -0.05) is 32.0 Å². The van der Waals surface area contributed by atoms with E-state index in [1.807, 2.05) is 42.5 Å². The van der Waals surface area contributed by atoms with Crippen LogP contribution >= 0.6 is 0 Å². The molecule has 126 valence electrons. The summed E-state index contributed by atoms with van der Waals surface area (Å²) in [6.45, 7) is 4.71. The Hall–Kier alpha value is -3.29. The third kappa shape index (κ3) is 2.93. The van der Waals surface area contributed by atoms with Crippen LogP contribution < -0.4 is 5.32 Å². The number of anilines is 1. The summed E-state index contributed by atoms with van der Waals surface area (Å²) < 4.78 is 3.50. The van der Waals surface area contributed by atoms with Gasteiger partial charge in [0.25, 0.3) is 0 Å². The maximum absolute atomic E-state index is 4.62. The van der Waals surface area contributed by atoms with E-state index in [0.29, 0.717) is 12.5 Å². The molecule has 0 bridgehead atoms. The Bertz CT molecular complexity index is 986. The molecule has 0 aliphatic carbocycles. The third-order valence-corrected chi connectivity index (χ3v) is 3.93. The lowest BCUT2D eigenvalue weighted by molar-refractivity contribution is 0.764. The smallest absolute Gasteiger partial charge is 0.175 e. The van der Waals surface area contributed by atoms with Gasteiger partial charge in [0.15, 0.2) is 11.5 Å². The van der Waals surface area contributed by atoms with Crippen LogP contribution in [0.25, 0.3) is 11.3 Å². The highest BCUT2D eigenvalue weighted by Gasteiger charge is 2.12. The second-order valence-electron chi connectivity index (χ2n) is 6.02. The van der Waals surface area contributed by atoms with Crippen LogP contribution in [0.5, 0.6) is 0 Å². The van der Waals surface area contributed by atoms with Crippen LogP contribution in [0.4, 0.5) is 5.82 Å². The highest BCUT2D eigenvalue weighted by molar-refractivity contribution is 5.49. The van der Waals surface area contributed by atoms with Gasteiger partial charge in [0.2, 0.25) is 0 Å². The molecule has 8 nitrogen and oxygen atoms in total. The highest BCUT2D eigenvalue weighted by Crippen LogP contribution is 2.19. The van der Waals surface area contributed by atoms with Gasteiger partial charge in [0.1, 0.15) is 5.82 Å². The fourth-order valence-electron chi connectivity index (χ4n) is 2.61. The van der Waals surface area contributed by atoms with E-state index in [-0.39, 0.29) is 0 Å². The van der Waals surface area contributed by atoms with Gasteiger partial charge in [-0.2, -0.15) is 14.3 Å². The van der Waals surface area contributed by atoms with Crippen molar-refractivity contribution < 1.29 is 0 Å². The maximum Gasteiger partial charge on any atom is 0.175 e. The lowest BCUT2D eigenvalue weighted by Gasteiger charge is -2.12. The van der Waals surface area contributed by atoms with Crippen molar-refractivity contribution in [3.63, 3.8) is 0 Å². The Labute approximate surface area is 144 Å². The molecular formula is C17H18N8. The Morgan fingerprint density at radius 3 is 2.76 bits per heavy atom. The van der Waals surface area contributed by atoms with E-state index in [1.165, 1.54) is 0 Å². The van der Waals surface area contributed by atoms with Crippen molar-refractivity contribution in [2.75, 3.05) is 5.32 Å². The average molecular weight is 334 g/mol. The van der Waals surface area contributed by atoms with E-state index in [2.05, 4.69) is 44.8 Å². The minimum Gasteiger partial charge on any atom is -0.363 e. The molecule has 1 N–H and O–H groups in total. The molecule has 25 heavy (non-hydrogen) atoms. The number of tetrazole rings is 1. The molecule has 0 aliphatic heterocycles. The fraction of sp³-hybridized carbons (Fsp3) is 0.235. The first-order valence-electron chi connectivity index (χ1n) is 8.13. The van der Waals surface area contributed by atoms with Crippen molar-refractivity contribution in [2.24, 2.45) is 0 Å². The SMILES string of the molecule is CC(C)c1cc(NCc2nnnn2-c2ccccc2)n2nccc2n1. The molecule has 4 aromatic rings. The average Bonchev–Trinajstić information content (AvgIpc) is 3.29. The van der Waals surface area contributed by atoms with Crippen molar-refractivity contribution in [3.05, 3.63) is 60.2 Å². The van der Waals surface area contributed by atoms with Crippen LogP contribution in [-0.4, -0.2) is 34.8 Å². The minimum absolute atomic E-state index is 0.329. The van der Waals surface area contributed by atoms with E-state index >= 15 is 0 Å². The molecule has 0 aliphatic rings. The zero-order valence-electron chi connectivity index (χ0n) is 14.0. The van der Waals surface area contributed by atoms with Crippen LogP contribution in [0.2, 0.25) is 0 Å². The van der Waals surface area contributed by atoms with Crippen LogP contribution in [0.3, 0.4) is 0 Å². The molecule has 0 amide bonds. The van der Waals surface area contributed by atoms with Crippen LogP contribution in [0, 0.1) is 0 Å². The van der Waals surface area contributed by atoms with Crippen molar-refractivity contribution in [1.82, 2.24) is 34.8 Å². The zero-order valence-corrected chi connectivity index (χ0v) is 14.0. The van der Waals surface area contributed by atoms with Gasteiger partial charge >= 0.3 is 0 Å². The summed E-state index contributed by atoms with van der Waals surface area (Å²) in [5.41, 5.74) is 2.75. The molecule has 0 radical (unpaired) electrons. The zero-order chi connectivity index (χ0) is 17.2. The Morgan fingerprint density at radius 2 is 1.96 bits per heavy atom. The highest BCUT2D eigenvalue weighted by atomic mass is 15.5. The number of nitrogens with one attached hydrogen (secondary N) is 1. The summed E-state index contributed by atoms with van der Waals surface area (Å²) in [7, 11) is 0. The van der Waals surface area contributed by atoms with E-state index in [0.717, 1.165) is 28.7 Å². The molecule has 3 aromatic heterocycles. The molecule has 0 atom stereocenters. The number of hydrogen-bond donors (Lipinski definition) is 1. The van der Waals surface area contributed by atoms with Gasteiger partial charge in [-0.25, -0.2) is 4.98 Å². The van der Waals surface area contributed by atoms with E-state index in [9.17, 15) is 0 Å². The summed E-state index contributed by atoms with van der Waals surface area (Å²) in [6.07, 6.45) is 1.74. The van der Waals surface area contributed by atoms with Crippen LogP contribution in [0.1, 0.15) is 31.3 Å². The minimum atomic E-state index is 0.329. The standard InChI is InChI=1S/C17H18N8/c1-12(2)14-10-16(25-15(20-14)8-9-19-25)18-11-17-21-22-23-24(17)13-6-4-3-5-7-13/h3-10,12,18H,11H2,1-2H3. The maximum atomic E-state index is 4.62. The summed E-state index contributed by atoms with van der Waals surface area (Å²) in [4.78, 5) is 4.62. The number of para-hydroxylation sites is 1. The van der Waals surface area contributed by atoms with Crippen molar-refractivity contribution in [1.29, 1.82) is 0 Å². The number of nitrogens with zero attached hydrogens (tertiary/aromatic N) is 7. The van der Waals surface area contributed by atoms with Gasteiger partial charge in [0.05, 0.1) is 18.4 Å². The molecule has 1 aromatic carbocycles. The van der Waals surface area contributed by atoms with E-state index in [4.69, 9.17) is 0 Å². The molecule has 0 spiro atoms. The molecule has 0 unspecified atom stereocenters. The third-order valence-electron chi connectivity index (χ3n) is 3.93. The lowest BCUT2D eigenvalue weighted by atomic mass is 10.1. The largest absolute Gasteiger partial charge is 0.363 e. The first-order valence-corrected chi connectivity index (χ1v) is 8.13. The Morgan fingerprint density at radius 1 is 1.12 bits per heavy atom. The van der Waals surface area contributed by atoms with Gasteiger partial charge in [-0.05, 0) is 28.5 Å². The monoisotopic (exact) mass is 334 g/mol. The topological polar surface area (TPSA) is 85.8 Å². The quantitative estimate of drug-likeness (QED) is 0.603. The number of rotatable bonds is 5. The molecule has 0 fully saturated rings. The van der Waals surface area contributed by atoms with Gasteiger partial charge < -0.3 is 5.32 Å². The summed E-state index contributed by atoms with van der Waals surface area (Å²) in [6, 6.07) is 13.7. The van der Waals surface area contributed by atoms with Gasteiger partial charge in [-0.15, -0.1) is 5.10 Å². The molecule has 4 rings (SSSR count). The first kappa shape index (κ1) is 15.3. The number of hydrogen-bond acceptors (Lipinski definition) is 6. The van der Waals surface area contributed by atoms with Crippen LogP contribution in [0.15, 0.2) is 48.7 Å². The summed E-state index contributed by atoms with van der Waals surface area (Å²) in [5, 5.41) is 19.7. The number of benzene rings is 1. The second kappa shape index (κ2) is 6.31. The molecule has 8 heteroatoms. The number of aromatic nitrogens is 7. The van der Waals surface area contributed by atoms with E-state index in [1.54, 1.807) is 15.4 Å². The van der Waals surface area contributed by atoms with Gasteiger partial charge in [-0.3, -0.25) is 0 Å². The van der Waals surface area contributed by atoms with Crippen molar-refractivity contribution in [3.8, 4) is 5.69 Å². The molecule has 0 saturated carbocycles. The second-order valence-corrected chi connectivity index (χ2v) is 6.02. The summed E-state index contributed by atoms with van der Waals surface area (Å²) in [5.74, 6) is 1.91. The first-order chi connectivity index (χ1) is 12.2. The predicted molar refractivity (Wildman–Crippen MR) is 93.6 cm³/mol. The normalized spacial score (nSPS) is 11.3. The Kier molecular flexibility index (Phi) is 3.85. The number of fused-ring (bicyclic) bond motifs is 1. The molecular weight excluding hydrogens is 316 g/mol. The fourth-order valence-corrected chi connectivity index (χ4v) is 2.61. The van der Waals surface area contributed by atoms with Crippen LogP contribution in [-0.2, 0) is 6.54 Å². The predicted octanol–water partition coefficient (Wildman–Crippen LogP) is 2.44. The molecule has 3 heterocycles. The molecule has 0 saturated heterocycles. The summed E-state index contributed by atoms with van der Waals surface area (Å²) >= 11 is 0. The van der Waals surface area contributed by atoms with Gasteiger partial charge in [0, 0.05) is 17.8 Å². The lowest BCUT2D eigenvalue weighted by Crippen LogP contribution is -2.12. The van der Waals surface area contributed by atoms with Crippen molar-refractivity contribution in [2.45, 2.75) is 26.3 Å². The Balaban J connectivity index is 1.64. The van der Waals surface area contributed by atoms with Crippen molar-refractivity contribution >= 4 is 11.5 Å².